The van der Waals surface area contributed by atoms with E-state index in [2.05, 4.69) is 402 Å². The topological polar surface area (TPSA) is 86.3 Å². The molecule has 17 aromatic carbocycles. The second kappa shape index (κ2) is 30.2. The van der Waals surface area contributed by atoms with Crippen LogP contribution in [0.15, 0.2) is 395 Å². The lowest BCUT2D eigenvalue weighted by atomic mass is 9.55. The van der Waals surface area contributed by atoms with Crippen LogP contribution in [0.2, 0.25) is 0 Å². The lowest BCUT2D eigenvalue weighted by Crippen LogP contribution is -2.43. The Morgan fingerprint density at radius 2 is 0.550 bits per heavy atom. The van der Waals surface area contributed by atoms with E-state index in [0.717, 1.165) is 72.8 Å². The van der Waals surface area contributed by atoms with Gasteiger partial charge in [0.1, 0.15) is 33.5 Å². The van der Waals surface area contributed by atoms with Gasteiger partial charge in [0, 0.05) is 93.7 Å². The van der Waals surface area contributed by atoms with E-state index in [1.807, 2.05) is 72.8 Å². The molecule has 0 radical (unpaired) electrons. The van der Waals surface area contributed by atoms with Gasteiger partial charge in [0.25, 0.3) is 0 Å². The van der Waals surface area contributed by atoms with Gasteiger partial charge < -0.3 is 22.7 Å². The van der Waals surface area contributed by atoms with Gasteiger partial charge in [-0.25, -0.2) is 15.0 Å². The van der Waals surface area contributed by atoms with E-state index in [1.165, 1.54) is 143 Å². The maximum absolute atomic E-state index is 6.59. The van der Waals surface area contributed by atoms with Crippen LogP contribution in [0.25, 0.3) is 183 Å². The number of rotatable bonds is 9. The molecular weight excluding hydrogens is 1600 g/mol. The fraction of sp³-hybridized carbons (Fsp3) is 0.146. The summed E-state index contributed by atoms with van der Waals surface area (Å²) in [6.45, 7) is 28.6. The standard InChI is InChI=1S/C45H35N3O.C42H33NO.C36H31NO/c1-44(2)35-25-26-38-40(34-17-11-12-18-37(34)49-38)39(35)33-24-23-32(27-36(33)45(44,3)4)28-19-21-31(22-20-28)43-47-41(29-13-7-5-8-14-29)46-42(48-43)30-15-9-6-10-16-30;1-41(2)34-24-23-32-31-13-7-10-16-38(31)44-40(32)39(34)33-22-19-27(25-35(33)42(41,3)4)26-17-20-28(21-18-26)43-36-14-8-5-11-29(36)30-12-6-9-15-37(30)43;1-35(2)30-22-21-28-27-17-11-12-18-32(27)38-34(28)33(30)29-20-19-26(23-31(29)36(35,3)4)37(24-13-7-5-8-14-24)25-15-9-6-10-16-25/h5-27H,1-4H3;5-25H,1-4H3;5-23H,1-4H3. The van der Waals surface area contributed by atoms with Gasteiger partial charge in [-0.05, 0) is 207 Å². The predicted molar refractivity (Wildman–Crippen MR) is 545 cm³/mol. The zero-order valence-electron chi connectivity index (χ0n) is 75.8. The Morgan fingerprint density at radius 1 is 0.221 bits per heavy atom. The lowest BCUT2D eigenvalue weighted by molar-refractivity contribution is 0.299. The summed E-state index contributed by atoms with van der Waals surface area (Å²) in [6, 6.07) is 136. The first-order valence-electron chi connectivity index (χ1n) is 45.8. The van der Waals surface area contributed by atoms with Gasteiger partial charge in [0.2, 0.25) is 0 Å². The number of nitrogens with zero attached hydrogens (tertiary/aromatic N) is 5. The summed E-state index contributed by atoms with van der Waals surface area (Å²) in [6.07, 6.45) is 0. The third-order valence-corrected chi connectivity index (χ3v) is 30.7. The quantitative estimate of drug-likeness (QED) is 0.142. The van der Waals surface area contributed by atoms with Crippen molar-refractivity contribution in [2.45, 2.75) is 116 Å². The van der Waals surface area contributed by atoms with E-state index >= 15 is 0 Å². The first-order chi connectivity index (χ1) is 63.5. The number of hydrogen-bond acceptors (Lipinski definition) is 7. The molecule has 0 unspecified atom stereocenters. The van der Waals surface area contributed by atoms with Crippen molar-refractivity contribution in [2.24, 2.45) is 0 Å². The van der Waals surface area contributed by atoms with Gasteiger partial charge in [-0.2, -0.15) is 0 Å². The minimum atomic E-state index is -0.120. The molecule has 634 valence electrons. The second-order valence-electron chi connectivity index (χ2n) is 38.9. The van der Waals surface area contributed by atoms with E-state index in [0.29, 0.717) is 17.5 Å². The average molecular weight is 1700 g/mol. The monoisotopic (exact) mass is 1690 g/mol. The summed E-state index contributed by atoms with van der Waals surface area (Å²) in [5.74, 6) is 1.97. The molecule has 0 saturated carbocycles. The van der Waals surface area contributed by atoms with Crippen LogP contribution in [0.4, 0.5) is 17.1 Å². The third kappa shape index (κ3) is 12.6. The van der Waals surface area contributed by atoms with Crippen molar-refractivity contribution in [2.75, 3.05) is 4.90 Å². The molecule has 22 aromatic rings. The van der Waals surface area contributed by atoms with Crippen molar-refractivity contribution >= 4 is 105 Å². The van der Waals surface area contributed by atoms with Crippen molar-refractivity contribution in [3.63, 3.8) is 0 Å². The number of anilines is 3. The predicted octanol–water partition coefficient (Wildman–Crippen LogP) is 33.6. The highest BCUT2D eigenvalue weighted by molar-refractivity contribution is 6.16. The highest BCUT2D eigenvalue weighted by Gasteiger charge is 2.50. The van der Waals surface area contributed by atoms with Gasteiger partial charge >= 0.3 is 0 Å². The molecule has 8 nitrogen and oxygen atoms in total. The maximum atomic E-state index is 6.59. The molecule has 0 fully saturated rings. The minimum absolute atomic E-state index is 0.0893. The van der Waals surface area contributed by atoms with Gasteiger partial charge in [-0.1, -0.05) is 368 Å². The number of hydrogen-bond donors (Lipinski definition) is 0. The maximum Gasteiger partial charge on any atom is 0.164 e. The van der Waals surface area contributed by atoms with Crippen LogP contribution in [-0.2, 0) is 32.5 Å². The van der Waals surface area contributed by atoms with Crippen LogP contribution in [0.1, 0.15) is 116 Å². The molecule has 0 saturated heterocycles. The molecule has 0 atom stereocenters. The van der Waals surface area contributed by atoms with Crippen LogP contribution in [0, 0.1) is 0 Å². The SMILES string of the molecule is CC1(C)c2cc(-c3ccc(-c4nc(-c5ccccc5)nc(-c5ccccc5)n4)cc3)ccc2-c2c(ccc3oc4ccccc4c23)C1(C)C.CC1(C)c2cc(-c3ccc(-n4c5ccccc5c5ccccc54)cc3)ccc2-c2c(ccc3c2oc2ccccc23)C1(C)C.CC1(C)c2cc(N(c3ccccc3)c3ccccc3)ccc2-c2c(ccc3c2oc2ccccc23)C1(C)C. The van der Waals surface area contributed by atoms with Crippen LogP contribution in [-0.4, -0.2) is 19.5 Å². The van der Waals surface area contributed by atoms with E-state index in [1.54, 1.807) is 0 Å². The molecule has 3 aliphatic carbocycles. The number of aromatic nitrogens is 4. The number of para-hydroxylation sites is 7. The fourth-order valence-electron chi connectivity index (χ4n) is 21.5. The van der Waals surface area contributed by atoms with Crippen molar-refractivity contribution in [3.05, 3.63) is 416 Å². The first kappa shape index (κ1) is 80.3. The average Bonchev–Trinajstić information content (AvgIpc) is 1.68. The van der Waals surface area contributed by atoms with Crippen LogP contribution >= 0.6 is 0 Å². The zero-order valence-corrected chi connectivity index (χ0v) is 75.8. The summed E-state index contributed by atoms with van der Waals surface area (Å²) in [4.78, 5) is 17.1. The van der Waals surface area contributed by atoms with E-state index in [-0.39, 0.29) is 32.5 Å². The molecule has 5 aromatic heterocycles. The molecular formula is C123H99N5O3. The molecule has 5 heterocycles. The number of benzene rings is 17. The Morgan fingerprint density at radius 3 is 1.01 bits per heavy atom. The molecule has 0 amide bonds. The van der Waals surface area contributed by atoms with Crippen LogP contribution in [0.3, 0.4) is 0 Å². The Kier molecular flexibility index (Phi) is 18.5. The molecule has 0 N–H and O–H groups in total. The van der Waals surface area contributed by atoms with Crippen LogP contribution in [0.5, 0.6) is 0 Å². The summed E-state index contributed by atoms with van der Waals surface area (Å²) in [5, 5.41) is 9.65. The Hall–Kier alpha value is -15.3. The Balaban J connectivity index is 0.000000113. The fourth-order valence-corrected chi connectivity index (χ4v) is 21.5. The summed E-state index contributed by atoms with van der Waals surface area (Å²) in [7, 11) is 0. The van der Waals surface area contributed by atoms with Gasteiger partial charge in [-0.3, -0.25) is 0 Å². The molecule has 131 heavy (non-hydrogen) atoms. The summed E-state index contributed by atoms with van der Waals surface area (Å²) in [5.41, 5.74) is 35.6. The van der Waals surface area contributed by atoms with E-state index in [4.69, 9.17) is 28.2 Å². The number of fused-ring (bicyclic) bond motifs is 24. The Bertz CT molecular complexity index is 8160. The zero-order chi connectivity index (χ0) is 89.2. The molecule has 0 bridgehead atoms. The van der Waals surface area contributed by atoms with Gasteiger partial charge in [-0.15, -0.1) is 0 Å². The van der Waals surface area contributed by atoms with Crippen molar-refractivity contribution in [3.8, 4) is 95.5 Å². The van der Waals surface area contributed by atoms with E-state index in [9.17, 15) is 0 Å². The van der Waals surface area contributed by atoms with Gasteiger partial charge in [0.05, 0.1) is 11.0 Å². The highest BCUT2D eigenvalue weighted by Crippen LogP contribution is 2.61. The summed E-state index contributed by atoms with van der Waals surface area (Å²) < 4.78 is 21.9. The molecule has 0 spiro atoms. The molecule has 3 aliphatic rings. The van der Waals surface area contributed by atoms with Crippen LogP contribution < -0.4 is 4.90 Å². The minimum Gasteiger partial charge on any atom is -0.456 e. The normalized spacial score (nSPS) is 14.9. The molecule has 0 aliphatic heterocycles. The van der Waals surface area contributed by atoms with Crippen molar-refractivity contribution < 1.29 is 13.3 Å². The smallest absolute Gasteiger partial charge is 0.164 e. The lowest BCUT2D eigenvalue weighted by Gasteiger charge is -2.48. The van der Waals surface area contributed by atoms with Gasteiger partial charge in [0.15, 0.2) is 17.5 Å². The molecule has 25 rings (SSSR count). The second-order valence-corrected chi connectivity index (χ2v) is 38.9. The molecule has 8 heteroatoms. The van der Waals surface area contributed by atoms with Crippen molar-refractivity contribution in [1.29, 1.82) is 0 Å². The van der Waals surface area contributed by atoms with Crippen molar-refractivity contribution in [1.82, 2.24) is 19.5 Å². The van der Waals surface area contributed by atoms with E-state index < -0.39 is 0 Å². The largest absolute Gasteiger partial charge is 0.456 e. The number of furan rings is 3. The highest BCUT2D eigenvalue weighted by atomic mass is 16.3. The third-order valence-electron chi connectivity index (χ3n) is 30.7. The summed E-state index contributed by atoms with van der Waals surface area (Å²) >= 11 is 0. The Labute approximate surface area is 763 Å². The first-order valence-corrected chi connectivity index (χ1v) is 45.8.